The van der Waals surface area contributed by atoms with E-state index in [1.165, 1.54) is 0 Å². The molecule has 24 heavy (non-hydrogen) atoms. The van der Waals surface area contributed by atoms with Gasteiger partial charge in [0.05, 0.1) is 24.7 Å². The van der Waals surface area contributed by atoms with Gasteiger partial charge in [-0.25, -0.2) is 18.0 Å². The van der Waals surface area contributed by atoms with E-state index in [1.807, 2.05) is 11.8 Å². The lowest BCUT2D eigenvalue weighted by Gasteiger charge is -2.28. The predicted molar refractivity (Wildman–Crippen MR) is 82.9 cm³/mol. The molecule has 1 aromatic carbocycles. The molecule has 1 fully saturated rings. The summed E-state index contributed by atoms with van der Waals surface area (Å²) in [6.07, 6.45) is 0.597. The second kappa shape index (κ2) is 7.85. The number of amides is 2. The molecular formula is C16H22F3N3O2. The van der Waals surface area contributed by atoms with Gasteiger partial charge in [0.15, 0.2) is 17.5 Å². The molecule has 1 saturated heterocycles. The molecule has 0 radical (unpaired) electrons. The standard InChI is InChI=1S/C16H22F3N3O2/c1-3-22-5-4-13(21-16(24)20-9(2)8-23)15(22)10-6-11(17)14(19)12(18)7-10/h6-7,9,13,15,23H,3-5,8H2,1-2H3,(H2,20,21,24)/t9-,13+,15+/m0/s1. The van der Waals surface area contributed by atoms with Gasteiger partial charge >= 0.3 is 6.03 Å². The zero-order chi connectivity index (χ0) is 17.9. The molecule has 1 heterocycles. The summed E-state index contributed by atoms with van der Waals surface area (Å²) >= 11 is 0. The summed E-state index contributed by atoms with van der Waals surface area (Å²) in [4.78, 5) is 13.9. The highest BCUT2D eigenvalue weighted by molar-refractivity contribution is 5.74. The molecule has 134 valence electrons. The van der Waals surface area contributed by atoms with Crippen molar-refractivity contribution < 1.29 is 23.1 Å². The molecule has 0 aromatic heterocycles. The number of aliphatic hydroxyl groups excluding tert-OH is 1. The maximum absolute atomic E-state index is 13.6. The molecule has 0 saturated carbocycles. The minimum absolute atomic E-state index is 0.197. The van der Waals surface area contributed by atoms with Gasteiger partial charge in [0.1, 0.15) is 0 Å². The van der Waals surface area contributed by atoms with E-state index in [4.69, 9.17) is 5.11 Å². The smallest absolute Gasteiger partial charge is 0.315 e. The van der Waals surface area contributed by atoms with E-state index in [2.05, 4.69) is 10.6 Å². The largest absolute Gasteiger partial charge is 0.394 e. The van der Waals surface area contributed by atoms with E-state index in [0.29, 0.717) is 19.5 Å². The topological polar surface area (TPSA) is 64.6 Å². The Balaban J connectivity index is 2.21. The Labute approximate surface area is 138 Å². The van der Waals surface area contributed by atoms with Gasteiger partial charge in [0, 0.05) is 6.54 Å². The van der Waals surface area contributed by atoms with Crippen LogP contribution < -0.4 is 10.6 Å². The molecule has 0 aliphatic carbocycles. The van der Waals surface area contributed by atoms with Crippen LogP contribution in [0.1, 0.15) is 31.9 Å². The van der Waals surface area contributed by atoms with Crippen LogP contribution >= 0.6 is 0 Å². The molecule has 2 amide bonds. The lowest BCUT2D eigenvalue weighted by Crippen LogP contribution is -2.48. The fraction of sp³-hybridized carbons (Fsp3) is 0.562. The molecule has 1 aliphatic heterocycles. The number of hydrogen-bond acceptors (Lipinski definition) is 3. The molecule has 0 spiro atoms. The highest BCUT2D eigenvalue weighted by Gasteiger charge is 2.36. The summed E-state index contributed by atoms with van der Waals surface area (Å²) in [5.74, 6) is -3.99. The van der Waals surface area contributed by atoms with Crippen molar-refractivity contribution in [3.8, 4) is 0 Å². The maximum atomic E-state index is 13.6. The van der Waals surface area contributed by atoms with Crippen LogP contribution in [0.4, 0.5) is 18.0 Å². The Kier molecular flexibility index (Phi) is 6.06. The molecule has 1 aliphatic rings. The van der Waals surface area contributed by atoms with Crippen LogP contribution in [-0.4, -0.2) is 47.8 Å². The van der Waals surface area contributed by atoms with E-state index in [0.717, 1.165) is 12.1 Å². The summed E-state index contributed by atoms with van der Waals surface area (Å²) < 4.78 is 40.3. The molecule has 8 heteroatoms. The van der Waals surface area contributed by atoms with Crippen LogP contribution in [-0.2, 0) is 0 Å². The normalized spacial score (nSPS) is 22.4. The molecule has 5 nitrogen and oxygen atoms in total. The lowest BCUT2D eigenvalue weighted by molar-refractivity contribution is 0.209. The summed E-state index contributed by atoms with van der Waals surface area (Å²) in [6, 6.07) is 0.246. The minimum Gasteiger partial charge on any atom is -0.394 e. The fourth-order valence-electron chi connectivity index (χ4n) is 3.03. The molecular weight excluding hydrogens is 323 g/mol. The Morgan fingerprint density at radius 2 is 2.00 bits per heavy atom. The summed E-state index contributed by atoms with van der Waals surface area (Å²) in [7, 11) is 0. The first kappa shape index (κ1) is 18.5. The summed E-state index contributed by atoms with van der Waals surface area (Å²) in [6.45, 7) is 4.62. The van der Waals surface area contributed by atoms with Gasteiger partial charge in [-0.2, -0.15) is 0 Å². The van der Waals surface area contributed by atoms with Crippen molar-refractivity contribution in [2.24, 2.45) is 0 Å². The zero-order valence-electron chi connectivity index (χ0n) is 13.7. The monoisotopic (exact) mass is 345 g/mol. The Hall–Kier alpha value is -1.80. The van der Waals surface area contributed by atoms with E-state index in [1.54, 1.807) is 6.92 Å². The SMILES string of the molecule is CCN1CC[C@@H](NC(=O)N[C@@H](C)CO)[C@H]1c1cc(F)c(F)c(F)c1. The number of nitrogens with zero attached hydrogens (tertiary/aromatic N) is 1. The summed E-state index contributed by atoms with van der Waals surface area (Å²) in [5.41, 5.74) is 0.284. The highest BCUT2D eigenvalue weighted by Crippen LogP contribution is 2.33. The Morgan fingerprint density at radius 3 is 2.54 bits per heavy atom. The molecule has 0 bridgehead atoms. The van der Waals surface area contributed by atoms with Crippen molar-refractivity contribution in [2.75, 3.05) is 19.7 Å². The number of benzene rings is 1. The first-order valence-electron chi connectivity index (χ1n) is 7.93. The van der Waals surface area contributed by atoms with E-state index in [-0.39, 0.29) is 18.2 Å². The number of aliphatic hydroxyl groups is 1. The zero-order valence-corrected chi connectivity index (χ0v) is 13.7. The number of urea groups is 1. The van der Waals surface area contributed by atoms with E-state index in [9.17, 15) is 18.0 Å². The molecule has 3 N–H and O–H groups in total. The fourth-order valence-corrected chi connectivity index (χ4v) is 3.03. The lowest BCUT2D eigenvalue weighted by atomic mass is 9.99. The van der Waals surface area contributed by atoms with Gasteiger partial charge in [-0.05, 0) is 37.6 Å². The van der Waals surface area contributed by atoms with Crippen LogP contribution in [0.15, 0.2) is 12.1 Å². The van der Waals surface area contributed by atoms with Crippen molar-refractivity contribution in [1.82, 2.24) is 15.5 Å². The molecule has 1 aromatic rings. The van der Waals surface area contributed by atoms with Crippen molar-refractivity contribution in [1.29, 1.82) is 0 Å². The number of halogens is 3. The summed E-state index contributed by atoms with van der Waals surface area (Å²) in [5, 5.41) is 14.3. The van der Waals surface area contributed by atoms with Crippen molar-refractivity contribution in [3.05, 3.63) is 35.1 Å². The molecule has 2 rings (SSSR count). The molecule has 3 atom stereocenters. The number of carbonyl (C=O) groups excluding carboxylic acids is 1. The van der Waals surface area contributed by atoms with Gasteiger partial charge < -0.3 is 15.7 Å². The first-order chi connectivity index (χ1) is 11.4. The Morgan fingerprint density at radius 1 is 1.38 bits per heavy atom. The van der Waals surface area contributed by atoms with E-state index >= 15 is 0 Å². The number of carbonyl (C=O) groups is 1. The third-order valence-corrected chi connectivity index (χ3v) is 4.22. The maximum Gasteiger partial charge on any atom is 0.315 e. The number of rotatable bonds is 5. The van der Waals surface area contributed by atoms with Gasteiger partial charge in [-0.15, -0.1) is 0 Å². The second-order valence-electron chi connectivity index (χ2n) is 5.97. The average Bonchev–Trinajstić information content (AvgIpc) is 2.94. The van der Waals surface area contributed by atoms with Crippen molar-refractivity contribution >= 4 is 6.03 Å². The van der Waals surface area contributed by atoms with Crippen LogP contribution in [0.5, 0.6) is 0 Å². The average molecular weight is 345 g/mol. The number of likely N-dealkylation sites (N-methyl/N-ethyl adjacent to an activating group) is 1. The molecule has 0 unspecified atom stereocenters. The quantitative estimate of drug-likeness (QED) is 0.715. The van der Waals surface area contributed by atoms with Crippen LogP contribution in [0.2, 0.25) is 0 Å². The number of likely N-dealkylation sites (tertiary alicyclic amines) is 1. The predicted octanol–water partition coefficient (Wildman–Crippen LogP) is 1.92. The van der Waals surface area contributed by atoms with Crippen LogP contribution in [0.25, 0.3) is 0 Å². The third kappa shape index (κ3) is 3.99. The van der Waals surface area contributed by atoms with Crippen LogP contribution in [0, 0.1) is 17.5 Å². The third-order valence-electron chi connectivity index (χ3n) is 4.22. The van der Waals surface area contributed by atoms with Gasteiger partial charge in [-0.3, -0.25) is 4.90 Å². The van der Waals surface area contributed by atoms with E-state index < -0.39 is 35.6 Å². The number of nitrogens with one attached hydrogen (secondary N) is 2. The van der Waals surface area contributed by atoms with Crippen molar-refractivity contribution in [3.63, 3.8) is 0 Å². The first-order valence-corrected chi connectivity index (χ1v) is 7.93. The van der Waals surface area contributed by atoms with Gasteiger partial charge in [0.25, 0.3) is 0 Å². The highest BCUT2D eigenvalue weighted by atomic mass is 19.2. The van der Waals surface area contributed by atoms with Crippen molar-refractivity contribution in [2.45, 2.75) is 38.4 Å². The van der Waals surface area contributed by atoms with Gasteiger partial charge in [-0.1, -0.05) is 6.92 Å². The minimum atomic E-state index is -1.50. The number of hydrogen-bond donors (Lipinski definition) is 3. The van der Waals surface area contributed by atoms with Crippen LogP contribution in [0.3, 0.4) is 0 Å². The Bertz CT molecular complexity index is 577. The second-order valence-corrected chi connectivity index (χ2v) is 5.97. The van der Waals surface area contributed by atoms with Gasteiger partial charge in [0.2, 0.25) is 0 Å².